The summed E-state index contributed by atoms with van der Waals surface area (Å²) in [6, 6.07) is 14.8. The average molecular weight is 361 g/mol. The third-order valence-corrected chi connectivity index (χ3v) is 4.27. The van der Waals surface area contributed by atoms with Crippen LogP contribution in [0.5, 0.6) is 0 Å². The fraction of sp³-hybridized carbons (Fsp3) is 0.0556. The molecule has 4 nitrogen and oxygen atoms in total. The van der Waals surface area contributed by atoms with E-state index in [0.29, 0.717) is 22.2 Å². The molecule has 1 aromatic heterocycles. The molecule has 0 aliphatic rings. The van der Waals surface area contributed by atoms with Crippen LogP contribution in [0.4, 0.5) is 0 Å². The summed E-state index contributed by atoms with van der Waals surface area (Å²) in [6.45, 7) is 0.481. The van der Waals surface area contributed by atoms with Crippen molar-refractivity contribution in [3.63, 3.8) is 0 Å². The Labute approximate surface area is 149 Å². The van der Waals surface area contributed by atoms with Crippen molar-refractivity contribution in [2.45, 2.75) is 6.54 Å². The average Bonchev–Trinajstić information content (AvgIpc) is 3.01. The Bertz CT molecular complexity index is 876. The van der Waals surface area contributed by atoms with Crippen molar-refractivity contribution in [3.05, 3.63) is 82.1 Å². The number of amides is 1. The van der Waals surface area contributed by atoms with Gasteiger partial charge in [0.15, 0.2) is 0 Å². The van der Waals surface area contributed by atoms with Crippen LogP contribution >= 0.6 is 23.2 Å². The van der Waals surface area contributed by atoms with Gasteiger partial charge >= 0.3 is 0 Å². The summed E-state index contributed by atoms with van der Waals surface area (Å²) >= 11 is 12.1. The van der Waals surface area contributed by atoms with Gasteiger partial charge in [0.1, 0.15) is 0 Å². The van der Waals surface area contributed by atoms with E-state index in [1.807, 2.05) is 47.2 Å². The van der Waals surface area contributed by atoms with Crippen LogP contribution in [0.1, 0.15) is 15.9 Å². The highest BCUT2D eigenvalue weighted by molar-refractivity contribution is 6.35. The van der Waals surface area contributed by atoms with Crippen LogP contribution in [0.3, 0.4) is 0 Å². The molecule has 0 bridgehead atoms. The van der Waals surface area contributed by atoms with Crippen LogP contribution in [0, 0.1) is 0 Å². The Hall–Kier alpha value is -2.27. The number of hydrogen-bond donors (Lipinski definition) is 2. The Morgan fingerprint density at radius 2 is 1.83 bits per heavy atom. The van der Waals surface area contributed by atoms with Gasteiger partial charge in [0.2, 0.25) is 0 Å². The Morgan fingerprint density at radius 3 is 2.50 bits per heavy atom. The van der Waals surface area contributed by atoms with Crippen molar-refractivity contribution >= 4 is 29.1 Å². The van der Waals surface area contributed by atoms with E-state index in [9.17, 15) is 4.79 Å². The molecule has 24 heavy (non-hydrogen) atoms. The van der Waals surface area contributed by atoms with Gasteiger partial charge in [-0.15, -0.1) is 0 Å². The van der Waals surface area contributed by atoms with Crippen molar-refractivity contribution in [2.24, 2.45) is 0 Å². The molecule has 0 fully saturated rings. The lowest BCUT2D eigenvalue weighted by molar-refractivity contribution is 0.0707. The number of nitrogens with zero attached hydrogens (tertiary/aromatic N) is 1. The number of benzene rings is 2. The van der Waals surface area contributed by atoms with Crippen molar-refractivity contribution < 1.29 is 10.0 Å². The molecule has 0 aliphatic heterocycles. The highest BCUT2D eigenvalue weighted by Gasteiger charge is 2.16. The van der Waals surface area contributed by atoms with Gasteiger partial charge in [-0.05, 0) is 23.3 Å². The minimum absolute atomic E-state index is 0.383. The first kappa shape index (κ1) is 16.6. The van der Waals surface area contributed by atoms with Gasteiger partial charge in [-0.25, -0.2) is 5.48 Å². The number of carbonyl (C=O) groups is 1. The largest absolute Gasteiger partial charge is 0.348 e. The van der Waals surface area contributed by atoms with E-state index in [-0.39, 0.29) is 0 Å². The van der Waals surface area contributed by atoms with Crippen molar-refractivity contribution in [1.29, 1.82) is 0 Å². The van der Waals surface area contributed by atoms with Crippen LogP contribution in [-0.4, -0.2) is 15.7 Å². The van der Waals surface area contributed by atoms with Crippen molar-refractivity contribution in [1.82, 2.24) is 10.0 Å². The number of rotatable bonds is 4. The summed E-state index contributed by atoms with van der Waals surface area (Å²) < 4.78 is 1.85. The maximum atomic E-state index is 12.0. The van der Waals surface area contributed by atoms with Gasteiger partial charge < -0.3 is 4.57 Å². The number of halogens is 2. The monoisotopic (exact) mass is 360 g/mol. The minimum Gasteiger partial charge on any atom is -0.348 e. The third kappa shape index (κ3) is 3.46. The van der Waals surface area contributed by atoms with E-state index in [4.69, 9.17) is 28.4 Å². The van der Waals surface area contributed by atoms with Crippen LogP contribution in [-0.2, 0) is 6.54 Å². The van der Waals surface area contributed by atoms with E-state index >= 15 is 0 Å². The highest BCUT2D eigenvalue weighted by Crippen LogP contribution is 2.27. The maximum Gasteiger partial charge on any atom is 0.276 e. The second-order valence-corrected chi connectivity index (χ2v) is 6.14. The molecule has 0 spiro atoms. The molecule has 122 valence electrons. The summed E-state index contributed by atoms with van der Waals surface area (Å²) in [7, 11) is 0. The van der Waals surface area contributed by atoms with Crippen LogP contribution in [0.2, 0.25) is 10.0 Å². The van der Waals surface area contributed by atoms with Crippen LogP contribution in [0.15, 0.2) is 60.9 Å². The van der Waals surface area contributed by atoms with E-state index in [1.54, 1.807) is 23.8 Å². The Morgan fingerprint density at radius 1 is 1.08 bits per heavy atom. The molecule has 0 saturated heterocycles. The number of hydroxylamine groups is 1. The molecule has 6 heteroatoms. The Kier molecular flexibility index (Phi) is 4.90. The third-order valence-electron chi connectivity index (χ3n) is 3.68. The molecule has 1 heterocycles. The van der Waals surface area contributed by atoms with E-state index < -0.39 is 5.91 Å². The van der Waals surface area contributed by atoms with E-state index in [2.05, 4.69) is 0 Å². The maximum absolute atomic E-state index is 12.0. The van der Waals surface area contributed by atoms with Gasteiger partial charge in [0.05, 0.1) is 5.56 Å². The van der Waals surface area contributed by atoms with E-state index in [1.165, 1.54) is 0 Å². The molecule has 0 unspecified atom stereocenters. The number of carbonyl (C=O) groups excluding carboxylic acids is 1. The first-order valence-electron chi connectivity index (χ1n) is 7.22. The first-order valence-corrected chi connectivity index (χ1v) is 7.97. The lowest BCUT2D eigenvalue weighted by atomic mass is 10.0. The van der Waals surface area contributed by atoms with Gasteiger partial charge in [0, 0.05) is 34.5 Å². The zero-order valence-electron chi connectivity index (χ0n) is 12.5. The normalized spacial score (nSPS) is 10.6. The molecular weight excluding hydrogens is 347 g/mol. The summed E-state index contributed by atoms with van der Waals surface area (Å²) in [5, 5.41) is 10.1. The summed E-state index contributed by atoms with van der Waals surface area (Å²) in [5.74, 6) is -0.560. The molecule has 2 aromatic carbocycles. The lowest BCUT2D eigenvalue weighted by Crippen LogP contribution is -2.18. The predicted molar refractivity (Wildman–Crippen MR) is 94.7 cm³/mol. The Balaban J connectivity index is 2.00. The van der Waals surface area contributed by atoms with Crippen LogP contribution in [0.25, 0.3) is 11.1 Å². The minimum atomic E-state index is -0.560. The molecule has 3 rings (SSSR count). The lowest BCUT2D eigenvalue weighted by Gasteiger charge is -2.06. The quantitative estimate of drug-likeness (QED) is 0.526. The van der Waals surface area contributed by atoms with Crippen molar-refractivity contribution in [3.8, 4) is 11.1 Å². The standard InChI is InChI=1S/C18H14Cl2N2O2/c19-14-7-6-13(17(20)8-14)9-22-10-15(12-4-2-1-3-5-12)16(11-22)18(23)21-24/h1-8,10-11,24H,9H2,(H,21,23). The van der Waals surface area contributed by atoms with Gasteiger partial charge in [-0.2, -0.15) is 0 Å². The first-order chi connectivity index (χ1) is 11.6. The predicted octanol–water partition coefficient (Wildman–Crippen LogP) is 4.63. The van der Waals surface area contributed by atoms with Gasteiger partial charge in [-0.3, -0.25) is 10.0 Å². The SMILES string of the molecule is O=C(NO)c1cn(Cc2ccc(Cl)cc2Cl)cc1-c1ccccc1. The summed E-state index contributed by atoms with van der Waals surface area (Å²) in [4.78, 5) is 12.0. The molecule has 2 N–H and O–H groups in total. The molecule has 0 saturated carbocycles. The molecule has 0 aliphatic carbocycles. The fourth-order valence-corrected chi connectivity index (χ4v) is 3.00. The van der Waals surface area contributed by atoms with Crippen LogP contribution < -0.4 is 5.48 Å². The second-order valence-electron chi connectivity index (χ2n) is 5.30. The van der Waals surface area contributed by atoms with Crippen molar-refractivity contribution in [2.75, 3.05) is 0 Å². The molecular formula is C18H14Cl2N2O2. The zero-order valence-corrected chi connectivity index (χ0v) is 14.1. The number of aromatic nitrogens is 1. The zero-order chi connectivity index (χ0) is 17.1. The molecule has 1 amide bonds. The second kappa shape index (κ2) is 7.09. The van der Waals surface area contributed by atoms with E-state index in [0.717, 1.165) is 16.7 Å². The summed E-state index contributed by atoms with van der Waals surface area (Å²) in [6.07, 6.45) is 3.53. The topological polar surface area (TPSA) is 54.3 Å². The number of nitrogens with one attached hydrogen (secondary N) is 1. The summed E-state index contributed by atoms with van der Waals surface area (Å²) in [5.41, 5.74) is 4.57. The molecule has 0 atom stereocenters. The molecule has 3 aromatic rings. The van der Waals surface area contributed by atoms with Gasteiger partial charge in [0.25, 0.3) is 5.91 Å². The highest BCUT2D eigenvalue weighted by atomic mass is 35.5. The smallest absolute Gasteiger partial charge is 0.276 e. The fourth-order valence-electron chi connectivity index (χ4n) is 2.53. The number of hydrogen-bond acceptors (Lipinski definition) is 2. The van der Waals surface area contributed by atoms with Gasteiger partial charge in [-0.1, -0.05) is 59.6 Å². The molecule has 0 radical (unpaired) electrons.